The molecule has 0 aromatic carbocycles. The van der Waals surface area contributed by atoms with Crippen molar-refractivity contribution in [1.82, 2.24) is 15.0 Å². The van der Waals surface area contributed by atoms with Gasteiger partial charge in [0, 0.05) is 11.1 Å². The van der Waals surface area contributed by atoms with Crippen molar-refractivity contribution in [3.8, 4) is 0 Å². The van der Waals surface area contributed by atoms with Crippen molar-refractivity contribution in [2.24, 2.45) is 0 Å². The summed E-state index contributed by atoms with van der Waals surface area (Å²) in [4.78, 5) is 12.8. The lowest BCUT2D eigenvalue weighted by atomic mass is 10.3. The minimum Gasteiger partial charge on any atom is -0.259 e. The van der Waals surface area contributed by atoms with Crippen LogP contribution in [-0.2, 0) is 0 Å². The van der Waals surface area contributed by atoms with E-state index in [4.69, 9.17) is 0 Å². The smallest absolute Gasteiger partial charge is 0.127 e. The van der Waals surface area contributed by atoms with E-state index < -0.39 is 0 Å². The molecule has 0 saturated carbocycles. The van der Waals surface area contributed by atoms with Gasteiger partial charge in [0.15, 0.2) is 0 Å². The molecular formula is C9H8IN3. The van der Waals surface area contributed by atoms with Crippen molar-refractivity contribution >= 4 is 33.5 Å². The normalized spacial score (nSPS) is 10.7. The summed E-state index contributed by atoms with van der Waals surface area (Å²) in [7, 11) is 0. The number of aryl methyl sites for hydroxylation is 2. The second-order valence-electron chi connectivity index (χ2n) is 2.90. The van der Waals surface area contributed by atoms with E-state index in [0.717, 1.165) is 26.1 Å². The van der Waals surface area contributed by atoms with E-state index in [2.05, 4.69) is 37.5 Å². The Morgan fingerprint density at radius 1 is 1.23 bits per heavy atom. The van der Waals surface area contributed by atoms with Gasteiger partial charge in [-0.05, 0) is 42.5 Å². The highest BCUT2D eigenvalue weighted by Crippen LogP contribution is 2.17. The fourth-order valence-corrected chi connectivity index (χ4v) is 1.99. The van der Waals surface area contributed by atoms with Crippen LogP contribution in [0.3, 0.4) is 0 Å². The zero-order valence-electron chi connectivity index (χ0n) is 7.37. The van der Waals surface area contributed by atoms with Gasteiger partial charge in [0.1, 0.15) is 9.53 Å². The van der Waals surface area contributed by atoms with Crippen LogP contribution in [0.5, 0.6) is 0 Å². The number of rotatable bonds is 0. The Labute approximate surface area is 89.8 Å². The third kappa shape index (κ3) is 1.63. The lowest BCUT2D eigenvalue weighted by molar-refractivity contribution is 1.06. The molecule has 13 heavy (non-hydrogen) atoms. The Morgan fingerprint density at radius 2 is 2.00 bits per heavy atom. The first kappa shape index (κ1) is 8.80. The van der Waals surface area contributed by atoms with Crippen LogP contribution in [0, 0.1) is 17.5 Å². The Kier molecular flexibility index (Phi) is 2.15. The Bertz CT molecular complexity index is 468. The third-order valence-corrected chi connectivity index (χ3v) is 2.61. The third-order valence-electron chi connectivity index (χ3n) is 1.78. The van der Waals surface area contributed by atoms with Gasteiger partial charge in [-0.25, -0.2) is 9.97 Å². The molecule has 2 aromatic rings. The van der Waals surface area contributed by atoms with Crippen molar-refractivity contribution in [1.29, 1.82) is 0 Å². The van der Waals surface area contributed by atoms with Crippen LogP contribution in [-0.4, -0.2) is 15.0 Å². The molecule has 2 heterocycles. The van der Waals surface area contributed by atoms with E-state index >= 15 is 0 Å². The molecule has 0 atom stereocenters. The molecule has 0 aliphatic rings. The van der Waals surface area contributed by atoms with Crippen LogP contribution in [0.2, 0.25) is 0 Å². The lowest BCUT2D eigenvalue weighted by Gasteiger charge is -2.01. The number of hydrogen-bond donors (Lipinski definition) is 0. The number of fused-ring (bicyclic) bond motifs is 1. The van der Waals surface area contributed by atoms with E-state index in [1.807, 2.05) is 19.9 Å². The summed E-state index contributed by atoms with van der Waals surface area (Å²) in [5, 5.41) is 1.08. The van der Waals surface area contributed by atoms with Crippen LogP contribution in [0.4, 0.5) is 0 Å². The van der Waals surface area contributed by atoms with Gasteiger partial charge in [0.25, 0.3) is 0 Å². The molecule has 0 bridgehead atoms. The first-order valence-electron chi connectivity index (χ1n) is 3.93. The molecule has 0 N–H and O–H groups in total. The molecular weight excluding hydrogens is 277 g/mol. The average Bonchev–Trinajstić information content (AvgIpc) is 2.06. The van der Waals surface area contributed by atoms with Gasteiger partial charge in [0.2, 0.25) is 0 Å². The van der Waals surface area contributed by atoms with Crippen molar-refractivity contribution in [2.75, 3.05) is 0 Å². The second kappa shape index (κ2) is 3.17. The highest BCUT2D eigenvalue weighted by Gasteiger charge is 2.02. The first-order chi connectivity index (χ1) is 6.16. The number of hydrogen-bond acceptors (Lipinski definition) is 3. The SMILES string of the molecule is Cc1cc2c(I)nc(C)nc2cn1. The quantitative estimate of drug-likeness (QED) is 0.550. The summed E-state index contributed by atoms with van der Waals surface area (Å²) in [6.45, 7) is 3.86. The summed E-state index contributed by atoms with van der Waals surface area (Å²) >= 11 is 2.22. The molecule has 0 aliphatic heterocycles. The average molecular weight is 285 g/mol. The molecule has 2 rings (SSSR count). The highest BCUT2D eigenvalue weighted by atomic mass is 127. The molecule has 4 heteroatoms. The van der Waals surface area contributed by atoms with Crippen LogP contribution in [0.15, 0.2) is 12.3 Å². The molecule has 0 amide bonds. The van der Waals surface area contributed by atoms with Crippen molar-refractivity contribution in [3.63, 3.8) is 0 Å². The predicted molar refractivity (Wildman–Crippen MR) is 59.5 cm³/mol. The van der Waals surface area contributed by atoms with E-state index in [1.54, 1.807) is 6.20 Å². The van der Waals surface area contributed by atoms with Crippen molar-refractivity contribution < 1.29 is 0 Å². The number of pyridine rings is 1. The zero-order chi connectivity index (χ0) is 9.42. The van der Waals surface area contributed by atoms with Crippen LogP contribution < -0.4 is 0 Å². The zero-order valence-corrected chi connectivity index (χ0v) is 9.53. The van der Waals surface area contributed by atoms with Gasteiger partial charge in [-0.3, -0.25) is 4.98 Å². The number of nitrogens with zero attached hydrogens (tertiary/aromatic N) is 3. The molecule has 0 radical (unpaired) electrons. The van der Waals surface area contributed by atoms with Crippen molar-refractivity contribution in [3.05, 3.63) is 27.5 Å². The van der Waals surface area contributed by atoms with Crippen LogP contribution >= 0.6 is 22.6 Å². The van der Waals surface area contributed by atoms with E-state index in [-0.39, 0.29) is 0 Å². The predicted octanol–water partition coefficient (Wildman–Crippen LogP) is 2.25. The maximum Gasteiger partial charge on any atom is 0.127 e. The van der Waals surface area contributed by atoms with E-state index in [0.29, 0.717) is 0 Å². The first-order valence-corrected chi connectivity index (χ1v) is 5.01. The lowest BCUT2D eigenvalue weighted by Crippen LogP contribution is -1.94. The molecule has 66 valence electrons. The second-order valence-corrected chi connectivity index (χ2v) is 3.93. The minimum atomic E-state index is 0.794. The summed E-state index contributed by atoms with van der Waals surface area (Å²) in [5.41, 5.74) is 1.92. The van der Waals surface area contributed by atoms with Gasteiger partial charge in [-0.15, -0.1) is 0 Å². The molecule has 0 unspecified atom stereocenters. The largest absolute Gasteiger partial charge is 0.259 e. The van der Waals surface area contributed by atoms with Gasteiger partial charge < -0.3 is 0 Å². The maximum atomic E-state index is 4.30. The molecule has 0 saturated heterocycles. The van der Waals surface area contributed by atoms with Crippen LogP contribution in [0.1, 0.15) is 11.5 Å². The topological polar surface area (TPSA) is 38.7 Å². The molecule has 0 spiro atoms. The van der Waals surface area contributed by atoms with E-state index in [9.17, 15) is 0 Å². The summed E-state index contributed by atoms with van der Waals surface area (Å²) in [5.74, 6) is 0.794. The molecule has 0 aliphatic carbocycles. The minimum absolute atomic E-state index is 0.794. The molecule has 2 aromatic heterocycles. The number of halogens is 1. The molecule has 3 nitrogen and oxygen atoms in total. The monoisotopic (exact) mass is 285 g/mol. The Hall–Kier alpha value is -0.780. The van der Waals surface area contributed by atoms with Gasteiger partial charge >= 0.3 is 0 Å². The fourth-order valence-electron chi connectivity index (χ4n) is 1.21. The maximum absolute atomic E-state index is 4.30. The fraction of sp³-hybridized carbons (Fsp3) is 0.222. The number of aromatic nitrogens is 3. The van der Waals surface area contributed by atoms with Gasteiger partial charge in [-0.2, -0.15) is 0 Å². The standard InChI is InChI=1S/C9H8IN3/c1-5-3-7-8(4-11-5)12-6(2)13-9(7)10/h3-4H,1-2H3. The van der Waals surface area contributed by atoms with Gasteiger partial charge in [-0.1, -0.05) is 0 Å². The summed E-state index contributed by atoms with van der Waals surface area (Å²) < 4.78 is 0.991. The summed E-state index contributed by atoms with van der Waals surface area (Å²) in [6, 6.07) is 2.01. The van der Waals surface area contributed by atoms with E-state index in [1.165, 1.54) is 0 Å². The van der Waals surface area contributed by atoms with Gasteiger partial charge in [0.05, 0.1) is 11.7 Å². The van der Waals surface area contributed by atoms with Crippen molar-refractivity contribution in [2.45, 2.75) is 13.8 Å². The molecule has 0 fully saturated rings. The Morgan fingerprint density at radius 3 is 2.77 bits per heavy atom. The van der Waals surface area contributed by atoms with Crippen LogP contribution in [0.25, 0.3) is 10.9 Å². The Balaban J connectivity index is 2.87. The summed E-state index contributed by atoms with van der Waals surface area (Å²) in [6.07, 6.45) is 1.79. The highest BCUT2D eigenvalue weighted by molar-refractivity contribution is 14.1.